The second-order valence-corrected chi connectivity index (χ2v) is 10.7. The van der Waals surface area contributed by atoms with Crippen molar-refractivity contribution < 1.29 is 19.0 Å². The largest absolute Gasteiger partial charge is 0.494 e. The van der Waals surface area contributed by atoms with Crippen LogP contribution in [-0.4, -0.2) is 29.3 Å². The van der Waals surface area contributed by atoms with Crippen LogP contribution in [-0.2, 0) is 15.6 Å². The van der Waals surface area contributed by atoms with E-state index < -0.39 is 5.41 Å². The minimum Gasteiger partial charge on any atom is -0.494 e. The number of nitrogens with zero attached hydrogens (tertiary/aromatic N) is 2. The molecule has 7 nitrogen and oxygen atoms in total. The van der Waals surface area contributed by atoms with Crippen LogP contribution in [0.25, 0.3) is 11.0 Å². The predicted molar refractivity (Wildman–Crippen MR) is 133 cm³/mol. The molecule has 2 bridgehead atoms. The van der Waals surface area contributed by atoms with E-state index in [2.05, 4.69) is 33.0 Å². The van der Waals surface area contributed by atoms with Gasteiger partial charge in [-0.05, 0) is 48.9 Å². The van der Waals surface area contributed by atoms with Gasteiger partial charge < -0.3 is 19.5 Å². The van der Waals surface area contributed by atoms with E-state index in [-0.39, 0.29) is 23.5 Å². The van der Waals surface area contributed by atoms with E-state index in [1.54, 1.807) is 0 Å². The molecule has 1 aliphatic heterocycles. The molecule has 1 fully saturated rings. The Bertz CT molecular complexity index is 1340. The van der Waals surface area contributed by atoms with E-state index in [0.29, 0.717) is 18.1 Å². The van der Waals surface area contributed by atoms with Gasteiger partial charge in [0.05, 0.1) is 34.4 Å². The molecule has 2 heterocycles. The number of fused-ring (bicyclic) bond motifs is 7. The predicted octanol–water partition coefficient (Wildman–Crippen LogP) is 5.51. The van der Waals surface area contributed by atoms with Gasteiger partial charge in [0, 0.05) is 23.2 Å². The van der Waals surface area contributed by atoms with Crippen molar-refractivity contribution in [3.05, 3.63) is 47.8 Å². The van der Waals surface area contributed by atoms with Crippen molar-refractivity contribution in [1.82, 2.24) is 9.97 Å². The van der Waals surface area contributed by atoms with Crippen molar-refractivity contribution in [2.75, 3.05) is 18.7 Å². The van der Waals surface area contributed by atoms with E-state index in [4.69, 9.17) is 24.2 Å². The third-order valence-corrected chi connectivity index (χ3v) is 8.80. The lowest BCUT2D eigenvalue weighted by Gasteiger charge is -2.39. The summed E-state index contributed by atoms with van der Waals surface area (Å²) in [5.74, 6) is 2.14. The Balaban J connectivity index is 1.38. The van der Waals surface area contributed by atoms with Crippen LogP contribution in [0.15, 0.2) is 36.4 Å². The maximum atomic E-state index is 14.1. The number of nitrogens with one attached hydrogen (secondary N) is 1. The summed E-state index contributed by atoms with van der Waals surface area (Å²) in [6.07, 6.45) is 3.73. The fourth-order valence-corrected chi connectivity index (χ4v) is 6.20. The lowest BCUT2D eigenvalue weighted by Crippen LogP contribution is -2.48. The average molecular weight is 474 g/mol. The van der Waals surface area contributed by atoms with Gasteiger partial charge in [-0.15, -0.1) is 0 Å². The topological polar surface area (TPSA) is 82.6 Å². The summed E-state index contributed by atoms with van der Waals surface area (Å²) in [7, 11) is 0. The van der Waals surface area contributed by atoms with Gasteiger partial charge in [0.1, 0.15) is 5.75 Å². The van der Waals surface area contributed by atoms with E-state index in [1.807, 2.05) is 36.4 Å². The van der Waals surface area contributed by atoms with Gasteiger partial charge >= 0.3 is 0 Å². The molecular weight excluding hydrogens is 442 g/mol. The number of hydrogen-bond acceptors (Lipinski definition) is 6. The standard InChI is InChI=1S/C28H31N3O4/c1-5-6-13-33-18-9-7-17(8-10-18)29-25(32)28-12-11-27(4,26(28,2)3)23-24(28)31-20-15-22-21(34-16-35-22)14-19(20)30-23/h7-10,14-15H,5-6,11-13,16H2,1-4H3,(H,29,32). The number of benzene rings is 2. The van der Waals surface area contributed by atoms with Crippen molar-refractivity contribution >= 4 is 22.6 Å². The number of ether oxygens (including phenoxy) is 3. The summed E-state index contributed by atoms with van der Waals surface area (Å²) < 4.78 is 16.9. The van der Waals surface area contributed by atoms with E-state index in [1.165, 1.54) is 0 Å². The van der Waals surface area contributed by atoms with Gasteiger partial charge in [0.25, 0.3) is 0 Å². The number of carbonyl (C=O) groups is 1. The third kappa shape index (κ3) is 2.93. The highest BCUT2D eigenvalue weighted by atomic mass is 16.7. The first-order valence-corrected chi connectivity index (χ1v) is 12.5. The molecule has 0 radical (unpaired) electrons. The zero-order valence-electron chi connectivity index (χ0n) is 20.7. The molecule has 182 valence electrons. The first kappa shape index (κ1) is 22.1. The highest BCUT2D eigenvalue weighted by molar-refractivity contribution is 6.02. The Hall–Kier alpha value is -3.35. The summed E-state index contributed by atoms with van der Waals surface area (Å²) in [6, 6.07) is 11.4. The molecular formula is C28H31N3O4. The van der Waals surface area contributed by atoms with Crippen LogP contribution < -0.4 is 19.5 Å². The monoisotopic (exact) mass is 473 g/mol. The SMILES string of the molecule is CCCCOc1ccc(NC(=O)C23CCC(C)(c4nc5cc6c(cc5nc42)OCO6)C3(C)C)cc1. The first-order chi connectivity index (χ1) is 16.8. The molecule has 1 amide bonds. The van der Waals surface area contributed by atoms with Crippen LogP contribution in [0.1, 0.15) is 64.8 Å². The molecule has 0 spiro atoms. The van der Waals surface area contributed by atoms with Crippen LogP contribution >= 0.6 is 0 Å². The molecule has 3 aliphatic rings. The maximum Gasteiger partial charge on any atom is 0.237 e. The van der Waals surface area contributed by atoms with Gasteiger partial charge in [-0.3, -0.25) is 4.79 Å². The molecule has 7 heteroatoms. The zero-order chi connectivity index (χ0) is 24.4. The third-order valence-electron chi connectivity index (χ3n) is 8.80. The van der Waals surface area contributed by atoms with Crippen LogP contribution in [0.3, 0.4) is 0 Å². The molecule has 0 saturated heterocycles. The fraction of sp³-hybridized carbons (Fsp3) is 0.464. The van der Waals surface area contributed by atoms with Crippen molar-refractivity contribution in [3.63, 3.8) is 0 Å². The Kier molecular flexibility index (Phi) is 4.79. The Labute approximate surface area is 205 Å². The average Bonchev–Trinajstić information content (AvgIpc) is 3.42. The number of unbranched alkanes of at least 4 members (excludes halogenated alkanes) is 1. The molecule has 3 aromatic rings. The molecule has 1 N–H and O–H groups in total. The second-order valence-electron chi connectivity index (χ2n) is 10.7. The van der Waals surface area contributed by atoms with Gasteiger partial charge in [-0.1, -0.05) is 34.1 Å². The Morgan fingerprint density at radius 2 is 1.66 bits per heavy atom. The highest BCUT2D eigenvalue weighted by Crippen LogP contribution is 2.70. The van der Waals surface area contributed by atoms with E-state index >= 15 is 0 Å². The minimum absolute atomic E-state index is 0.0287. The van der Waals surface area contributed by atoms with Gasteiger partial charge in [-0.2, -0.15) is 0 Å². The van der Waals surface area contributed by atoms with Crippen molar-refractivity contribution in [2.24, 2.45) is 5.41 Å². The Morgan fingerprint density at radius 1 is 1.00 bits per heavy atom. The number of amides is 1. The van der Waals surface area contributed by atoms with E-state index in [9.17, 15) is 4.79 Å². The van der Waals surface area contributed by atoms with Crippen LogP contribution in [0.4, 0.5) is 5.69 Å². The summed E-state index contributed by atoms with van der Waals surface area (Å²) in [6.45, 7) is 9.63. The Morgan fingerprint density at radius 3 is 2.31 bits per heavy atom. The fourth-order valence-electron chi connectivity index (χ4n) is 6.20. The molecule has 1 saturated carbocycles. The van der Waals surface area contributed by atoms with Gasteiger partial charge in [0.2, 0.25) is 12.7 Å². The van der Waals surface area contributed by atoms with Gasteiger partial charge in [-0.25, -0.2) is 9.97 Å². The summed E-state index contributed by atoms with van der Waals surface area (Å²) in [5, 5.41) is 3.19. The molecule has 2 atom stereocenters. The lowest BCUT2D eigenvalue weighted by molar-refractivity contribution is -0.125. The summed E-state index contributed by atoms with van der Waals surface area (Å²) in [5.41, 5.74) is 2.58. The van der Waals surface area contributed by atoms with Crippen LogP contribution in [0, 0.1) is 5.41 Å². The molecule has 1 aromatic heterocycles. The maximum absolute atomic E-state index is 14.1. The molecule has 6 rings (SSSR count). The number of anilines is 1. The summed E-state index contributed by atoms with van der Waals surface area (Å²) in [4.78, 5) is 24.2. The van der Waals surface area contributed by atoms with Gasteiger partial charge in [0.15, 0.2) is 11.5 Å². The number of rotatable bonds is 6. The van der Waals surface area contributed by atoms with Crippen molar-refractivity contribution in [3.8, 4) is 17.2 Å². The normalized spacial score (nSPS) is 25.0. The number of aromatic nitrogens is 2. The quantitative estimate of drug-likeness (QED) is 0.476. The van der Waals surface area contributed by atoms with Crippen molar-refractivity contribution in [1.29, 1.82) is 0 Å². The minimum atomic E-state index is -0.773. The number of carbonyl (C=O) groups excluding carboxylic acids is 1. The molecule has 2 aliphatic carbocycles. The van der Waals surface area contributed by atoms with Crippen molar-refractivity contribution in [2.45, 2.75) is 64.2 Å². The summed E-state index contributed by atoms with van der Waals surface area (Å²) >= 11 is 0. The highest BCUT2D eigenvalue weighted by Gasteiger charge is 2.73. The van der Waals surface area contributed by atoms with E-state index in [0.717, 1.165) is 59.5 Å². The molecule has 35 heavy (non-hydrogen) atoms. The zero-order valence-corrected chi connectivity index (χ0v) is 20.7. The van der Waals surface area contributed by atoms with Crippen LogP contribution in [0.5, 0.6) is 17.2 Å². The molecule has 2 aromatic carbocycles. The molecule has 2 unspecified atom stereocenters. The first-order valence-electron chi connectivity index (χ1n) is 12.5. The smallest absolute Gasteiger partial charge is 0.237 e. The second kappa shape index (κ2) is 7.57. The van der Waals surface area contributed by atoms with Crippen LogP contribution in [0.2, 0.25) is 0 Å². The number of hydrogen-bond donors (Lipinski definition) is 1. The lowest BCUT2D eigenvalue weighted by atomic mass is 9.63.